The Morgan fingerprint density at radius 3 is 2.50 bits per heavy atom. The quantitative estimate of drug-likeness (QED) is 0.601. The number of hydrogen-bond acceptors (Lipinski definition) is 2. The minimum absolute atomic E-state index is 0.243. The lowest BCUT2D eigenvalue weighted by atomic mass is 9.93. The van der Waals surface area contributed by atoms with Gasteiger partial charge in [-0.1, -0.05) is 20.4 Å². The van der Waals surface area contributed by atoms with Crippen LogP contribution in [-0.2, 0) is 4.74 Å². The Morgan fingerprint density at radius 1 is 1.70 bits per heavy atom. The lowest BCUT2D eigenvalue weighted by Crippen LogP contribution is -2.19. The number of allylic oxidation sites excluding steroid dienone is 1. The van der Waals surface area contributed by atoms with Crippen LogP contribution in [0.3, 0.4) is 0 Å². The summed E-state index contributed by atoms with van der Waals surface area (Å²) in [6.07, 6.45) is 0.186. The third-order valence-electron chi connectivity index (χ3n) is 1.97. The molecule has 2 heteroatoms. The fourth-order valence-electron chi connectivity index (χ4n) is 1.23. The number of rotatable bonds is 1. The maximum absolute atomic E-state index is 9.25. The fourth-order valence-corrected chi connectivity index (χ4v) is 1.23. The highest BCUT2D eigenvalue weighted by atomic mass is 16.6. The number of aliphatic hydroxyl groups is 1. The molecule has 0 radical (unpaired) electrons. The Bertz CT molecular complexity index is 140. The number of hydrogen-bond donors (Lipinski definition) is 1. The molecular weight excluding hydrogens is 128 g/mol. The van der Waals surface area contributed by atoms with E-state index in [9.17, 15) is 5.11 Å². The molecule has 0 aromatic rings. The van der Waals surface area contributed by atoms with Gasteiger partial charge in [0.15, 0.2) is 6.29 Å². The molecule has 1 aliphatic heterocycles. The molecule has 0 bridgehead atoms. The fraction of sp³-hybridized carbons (Fsp3) is 0.750. The van der Waals surface area contributed by atoms with Crippen LogP contribution in [0.25, 0.3) is 0 Å². The van der Waals surface area contributed by atoms with E-state index in [-0.39, 0.29) is 5.92 Å². The molecule has 0 aliphatic carbocycles. The summed E-state index contributed by atoms with van der Waals surface area (Å²) in [5.74, 6) is 1.42. The number of aliphatic hydroxyl groups excluding tert-OH is 1. The smallest absolute Gasteiger partial charge is 0.200 e. The molecule has 2 nitrogen and oxygen atoms in total. The number of ether oxygens (including phenoxy) is 1. The van der Waals surface area contributed by atoms with Crippen molar-refractivity contribution in [3.05, 3.63) is 12.3 Å². The molecule has 1 heterocycles. The van der Waals surface area contributed by atoms with E-state index in [1.807, 2.05) is 0 Å². The molecule has 1 fully saturated rings. The van der Waals surface area contributed by atoms with Crippen molar-refractivity contribution in [1.29, 1.82) is 0 Å². The summed E-state index contributed by atoms with van der Waals surface area (Å²) >= 11 is 0. The Morgan fingerprint density at radius 2 is 2.30 bits per heavy atom. The van der Waals surface area contributed by atoms with Gasteiger partial charge in [-0.05, 0) is 5.92 Å². The SMILES string of the molecule is C=C1C[C@H](C(C)C)C(O)O1. The lowest BCUT2D eigenvalue weighted by molar-refractivity contribution is -0.0724. The lowest BCUT2D eigenvalue weighted by Gasteiger charge is -2.14. The van der Waals surface area contributed by atoms with Crippen LogP contribution in [0.15, 0.2) is 12.3 Å². The van der Waals surface area contributed by atoms with Gasteiger partial charge in [-0.2, -0.15) is 0 Å². The molecule has 2 atom stereocenters. The molecule has 1 unspecified atom stereocenters. The molecule has 0 saturated carbocycles. The topological polar surface area (TPSA) is 29.5 Å². The zero-order valence-electron chi connectivity index (χ0n) is 6.50. The van der Waals surface area contributed by atoms with Crippen LogP contribution in [0.5, 0.6) is 0 Å². The van der Waals surface area contributed by atoms with Crippen LogP contribution in [0.1, 0.15) is 20.3 Å². The average molecular weight is 142 g/mol. The van der Waals surface area contributed by atoms with E-state index in [2.05, 4.69) is 20.4 Å². The van der Waals surface area contributed by atoms with E-state index < -0.39 is 6.29 Å². The summed E-state index contributed by atoms with van der Waals surface area (Å²) in [7, 11) is 0. The predicted octanol–water partition coefficient (Wildman–Crippen LogP) is 1.51. The van der Waals surface area contributed by atoms with Gasteiger partial charge in [-0.15, -0.1) is 0 Å². The van der Waals surface area contributed by atoms with Crippen molar-refractivity contribution < 1.29 is 9.84 Å². The standard InChI is InChI=1S/C8H14O2/c1-5(2)7-4-6(3)10-8(7)9/h5,7-9H,3-4H2,1-2H3/t7-,8?/m1/s1. The zero-order valence-corrected chi connectivity index (χ0v) is 6.50. The van der Waals surface area contributed by atoms with Crippen LogP contribution in [0.2, 0.25) is 0 Å². The van der Waals surface area contributed by atoms with Crippen molar-refractivity contribution in [2.24, 2.45) is 11.8 Å². The highest BCUT2D eigenvalue weighted by Gasteiger charge is 2.31. The first-order chi connectivity index (χ1) is 4.61. The molecule has 10 heavy (non-hydrogen) atoms. The highest BCUT2D eigenvalue weighted by molar-refractivity contribution is 4.94. The summed E-state index contributed by atoms with van der Waals surface area (Å²) < 4.78 is 5.00. The molecular formula is C8H14O2. The van der Waals surface area contributed by atoms with Gasteiger partial charge in [-0.25, -0.2) is 0 Å². The summed E-state index contributed by atoms with van der Waals surface area (Å²) in [4.78, 5) is 0. The van der Waals surface area contributed by atoms with Crippen molar-refractivity contribution in [3.63, 3.8) is 0 Å². The van der Waals surface area contributed by atoms with Gasteiger partial charge >= 0.3 is 0 Å². The first kappa shape index (κ1) is 7.61. The van der Waals surface area contributed by atoms with Crippen LogP contribution in [-0.4, -0.2) is 11.4 Å². The Kier molecular flexibility index (Phi) is 2.00. The van der Waals surface area contributed by atoms with Gasteiger partial charge in [0.1, 0.15) is 0 Å². The van der Waals surface area contributed by atoms with Crippen molar-refractivity contribution in [3.8, 4) is 0 Å². The van der Waals surface area contributed by atoms with Gasteiger partial charge in [0.25, 0.3) is 0 Å². The average Bonchev–Trinajstić information content (AvgIpc) is 2.10. The Hall–Kier alpha value is -0.500. The van der Waals surface area contributed by atoms with E-state index >= 15 is 0 Å². The Balaban J connectivity index is 2.54. The van der Waals surface area contributed by atoms with Crippen molar-refractivity contribution >= 4 is 0 Å². The largest absolute Gasteiger partial charge is 0.470 e. The van der Waals surface area contributed by atoms with Crippen molar-refractivity contribution in [2.45, 2.75) is 26.6 Å². The second-order valence-corrected chi connectivity index (χ2v) is 3.16. The monoisotopic (exact) mass is 142 g/mol. The van der Waals surface area contributed by atoms with E-state index in [1.165, 1.54) is 0 Å². The first-order valence-electron chi connectivity index (χ1n) is 3.63. The second-order valence-electron chi connectivity index (χ2n) is 3.16. The predicted molar refractivity (Wildman–Crippen MR) is 39.2 cm³/mol. The zero-order chi connectivity index (χ0) is 7.72. The van der Waals surface area contributed by atoms with Crippen LogP contribution < -0.4 is 0 Å². The third-order valence-corrected chi connectivity index (χ3v) is 1.97. The van der Waals surface area contributed by atoms with E-state index in [0.717, 1.165) is 6.42 Å². The highest BCUT2D eigenvalue weighted by Crippen LogP contribution is 2.31. The maximum atomic E-state index is 9.25. The normalized spacial score (nSPS) is 33.0. The van der Waals surface area contributed by atoms with Crippen molar-refractivity contribution in [2.75, 3.05) is 0 Å². The second kappa shape index (κ2) is 2.62. The van der Waals surface area contributed by atoms with E-state index in [4.69, 9.17) is 4.74 Å². The van der Waals surface area contributed by atoms with Gasteiger partial charge in [0, 0.05) is 12.3 Å². The van der Waals surface area contributed by atoms with Crippen LogP contribution >= 0.6 is 0 Å². The van der Waals surface area contributed by atoms with Gasteiger partial charge in [-0.3, -0.25) is 0 Å². The molecule has 0 aromatic heterocycles. The first-order valence-corrected chi connectivity index (χ1v) is 3.63. The summed E-state index contributed by atoms with van der Waals surface area (Å²) in [6.45, 7) is 7.81. The van der Waals surface area contributed by atoms with Gasteiger partial charge in [0.05, 0.1) is 5.76 Å². The maximum Gasteiger partial charge on any atom is 0.200 e. The summed E-state index contributed by atoms with van der Waals surface area (Å²) in [5, 5.41) is 9.25. The van der Waals surface area contributed by atoms with E-state index in [1.54, 1.807) is 0 Å². The molecule has 1 N–H and O–H groups in total. The van der Waals surface area contributed by atoms with Crippen LogP contribution in [0.4, 0.5) is 0 Å². The molecule has 0 amide bonds. The molecule has 0 spiro atoms. The van der Waals surface area contributed by atoms with Gasteiger partial charge < -0.3 is 9.84 Å². The van der Waals surface area contributed by atoms with E-state index in [0.29, 0.717) is 11.7 Å². The minimum atomic E-state index is -0.618. The summed E-state index contributed by atoms with van der Waals surface area (Å²) in [6, 6.07) is 0. The third kappa shape index (κ3) is 1.32. The molecule has 1 aliphatic rings. The molecule has 1 rings (SSSR count). The van der Waals surface area contributed by atoms with Crippen molar-refractivity contribution in [1.82, 2.24) is 0 Å². The Labute approximate surface area is 61.5 Å². The van der Waals surface area contributed by atoms with Crippen LogP contribution in [0, 0.1) is 11.8 Å². The molecule has 58 valence electrons. The minimum Gasteiger partial charge on any atom is -0.470 e. The molecule has 0 aromatic carbocycles. The summed E-state index contributed by atoms with van der Waals surface area (Å²) in [5.41, 5.74) is 0. The van der Waals surface area contributed by atoms with Gasteiger partial charge in [0.2, 0.25) is 0 Å². The molecule has 1 saturated heterocycles.